The van der Waals surface area contributed by atoms with Crippen molar-refractivity contribution in [2.75, 3.05) is 5.75 Å². The number of nitrogens with zero attached hydrogens (tertiary/aromatic N) is 3. The van der Waals surface area contributed by atoms with E-state index in [0.29, 0.717) is 31.5 Å². The summed E-state index contributed by atoms with van der Waals surface area (Å²) >= 11 is 8.64. The van der Waals surface area contributed by atoms with E-state index in [0.717, 1.165) is 31.2 Å². The highest BCUT2D eigenvalue weighted by Crippen LogP contribution is 2.34. The third-order valence-corrected chi connectivity index (χ3v) is 7.99. The molecule has 0 atom stereocenters. The molecular weight excluding hydrogens is 493 g/mol. The van der Waals surface area contributed by atoms with Gasteiger partial charge in [-0.1, -0.05) is 35.5 Å². The lowest BCUT2D eigenvalue weighted by atomic mass is 9.97. The molecule has 0 spiro atoms. The SMILES string of the molecule is O=C(CSc1nc2sc3c(c2c(=O)n1N=Cc1ccc(F)cc1)CCCC3)c1ccc(Cl)cc1. The summed E-state index contributed by atoms with van der Waals surface area (Å²) in [6, 6.07) is 12.5. The molecule has 4 aromatic rings. The molecule has 0 aliphatic heterocycles. The molecule has 0 fully saturated rings. The molecule has 5 rings (SSSR count). The Kier molecular flexibility index (Phi) is 6.63. The van der Waals surface area contributed by atoms with Crippen molar-refractivity contribution in [3.8, 4) is 0 Å². The Morgan fingerprint density at radius 2 is 1.88 bits per heavy atom. The molecule has 2 aromatic carbocycles. The average Bonchev–Trinajstić information content (AvgIpc) is 3.22. The molecule has 1 aliphatic rings. The van der Waals surface area contributed by atoms with Gasteiger partial charge >= 0.3 is 0 Å². The summed E-state index contributed by atoms with van der Waals surface area (Å²) in [6.07, 6.45) is 5.46. The summed E-state index contributed by atoms with van der Waals surface area (Å²) in [4.78, 5) is 32.9. The summed E-state index contributed by atoms with van der Waals surface area (Å²) in [5.74, 6) is -0.355. The zero-order chi connectivity index (χ0) is 23.7. The van der Waals surface area contributed by atoms with Crippen LogP contribution in [0, 0.1) is 5.82 Å². The second kappa shape index (κ2) is 9.82. The zero-order valence-corrected chi connectivity index (χ0v) is 20.4. The standard InChI is InChI=1S/C25H19ClFN3O2S2/c26-17-9-7-16(8-10-17)20(31)14-33-25-29-23-22(19-3-1-2-4-21(19)34-23)24(32)30(25)28-13-15-5-11-18(27)12-6-15/h5-13H,1-4,14H2. The number of carbonyl (C=O) groups is 1. The molecule has 0 saturated heterocycles. The second-order valence-electron chi connectivity index (χ2n) is 7.92. The largest absolute Gasteiger partial charge is 0.293 e. The Morgan fingerprint density at radius 1 is 1.15 bits per heavy atom. The van der Waals surface area contributed by atoms with Crippen molar-refractivity contribution >= 4 is 56.9 Å². The van der Waals surface area contributed by atoms with Gasteiger partial charge in [0, 0.05) is 15.5 Å². The summed E-state index contributed by atoms with van der Waals surface area (Å²) in [5, 5.41) is 5.91. The van der Waals surface area contributed by atoms with Crippen LogP contribution in [-0.4, -0.2) is 27.4 Å². The van der Waals surface area contributed by atoms with Gasteiger partial charge in [0.2, 0.25) is 0 Å². The zero-order valence-electron chi connectivity index (χ0n) is 18.0. The van der Waals surface area contributed by atoms with Crippen molar-refractivity contribution in [1.29, 1.82) is 0 Å². The van der Waals surface area contributed by atoms with Crippen LogP contribution in [-0.2, 0) is 12.8 Å². The van der Waals surface area contributed by atoms with Crippen molar-refractivity contribution in [2.24, 2.45) is 5.10 Å². The maximum atomic E-state index is 13.6. The van der Waals surface area contributed by atoms with E-state index in [-0.39, 0.29) is 22.9 Å². The lowest BCUT2D eigenvalue weighted by molar-refractivity contribution is 0.102. The van der Waals surface area contributed by atoms with Gasteiger partial charge in [-0.15, -0.1) is 11.3 Å². The van der Waals surface area contributed by atoms with E-state index in [1.807, 2.05) is 0 Å². The van der Waals surface area contributed by atoms with Crippen LogP contribution in [0.4, 0.5) is 4.39 Å². The van der Waals surface area contributed by atoms with Crippen molar-refractivity contribution in [3.05, 3.63) is 91.3 Å². The number of ketones is 1. The first-order valence-electron chi connectivity index (χ1n) is 10.8. The molecule has 0 unspecified atom stereocenters. The second-order valence-corrected chi connectivity index (χ2v) is 10.4. The van der Waals surface area contributed by atoms with Gasteiger partial charge in [-0.25, -0.2) is 9.37 Å². The van der Waals surface area contributed by atoms with E-state index in [1.165, 1.54) is 39.7 Å². The molecular formula is C25H19ClFN3O2S2. The molecule has 1 aliphatic carbocycles. The van der Waals surface area contributed by atoms with Crippen molar-refractivity contribution in [2.45, 2.75) is 30.8 Å². The molecule has 0 N–H and O–H groups in total. The van der Waals surface area contributed by atoms with Crippen LogP contribution in [0.15, 0.2) is 63.6 Å². The third-order valence-electron chi connectivity index (χ3n) is 5.63. The first-order valence-corrected chi connectivity index (χ1v) is 13.0. The minimum Gasteiger partial charge on any atom is -0.293 e. The fraction of sp³-hybridized carbons (Fsp3) is 0.200. The Morgan fingerprint density at radius 3 is 2.65 bits per heavy atom. The number of hydrogen-bond acceptors (Lipinski definition) is 6. The molecule has 9 heteroatoms. The highest BCUT2D eigenvalue weighted by Gasteiger charge is 2.22. The number of Topliss-reactive ketones (excluding diaryl/α,β-unsaturated/α-hetero) is 1. The molecule has 0 radical (unpaired) electrons. The number of benzene rings is 2. The van der Waals surface area contributed by atoms with E-state index in [2.05, 4.69) is 5.10 Å². The topological polar surface area (TPSA) is 64.3 Å². The van der Waals surface area contributed by atoms with E-state index < -0.39 is 0 Å². The summed E-state index contributed by atoms with van der Waals surface area (Å²) in [6.45, 7) is 0. The Bertz CT molecular complexity index is 1460. The number of fused-ring (bicyclic) bond motifs is 3. The first kappa shape index (κ1) is 23.0. The quantitative estimate of drug-likeness (QED) is 0.138. The van der Waals surface area contributed by atoms with Gasteiger partial charge < -0.3 is 0 Å². The molecule has 0 saturated carbocycles. The van der Waals surface area contributed by atoms with Crippen LogP contribution >= 0.6 is 34.7 Å². The first-order chi connectivity index (χ1) is 16.5. The van der Waals surface area contributed by atoms with E-state index in [1.54, 1.807) is 47.7 Å². The number of thiophene rings is 1. The molecule has 2 aromatic heterocycles. The lowest BCUT2D eigenvalue weighted by Crippen LogP contribution is -2.21. The van der Waals surface area contributed by atoms with Gasteiger partial charge in [-0.3, -0.25) is 9.59 Å². The van der Waals surface area contributed by atoms with Crippen LogP contribution < -0.4 is 5.56 Å². The minimum atomic E-state index is -0.348. The molecule has 0 bridgehead atoms. The summed E-state index contributed by atoms with van der Waals surface area (Å²) in [5.41, 5.74) is 2.01. The van der Waals surface area contributed by atoms with E-state index in [9.17, 15) is 14.0 Å². The Hall–Kier alpha value is -2.81. The normalized spacial score (nSPS) is 13.5. The van der Waals surface area contributed by atoms with Crippen LogP contribution in [0.3, 0.4) is 0 Å². The molecule has 5 nitrogen and oxygen atoms in total. The lowest BCUT2D eigenvalue weighted by Gasteiger charge is -2.11. The molecule has 34 heavy (non-hydrogen) atoms. The summed E-state index contributed by atoms with van der Waals surface area (Å²) < 4.78 is 14.5. The predicted octanol–water partition coefficient (Wildman–Crippen LogP) is 5.99. The number of carbonyl (C=O) groups excluding carboxylic acids is 1. The maximum Gasteiger partial charge on any atom is 0.283 e. The highest BCUT2D eigenvalue weighted by molar-refractivity contribution is 7.99. The number of hydrogen-bond donors (Lipinski definition) is 0. The highest BCUT2D eigenvalue weighted by atomic mass is 35.5. The Labute approximate surface area is 208 Å². The number of rotatable bonds is 6. The molecule has 172 valence electrons. The van der Waals surface area contributed by atoms with Gasteiger partial charge in [0.15, 0.2) is 10.9 Å². The van der Waals surface area contributed by atoms with E-state index >= 15 is 0 Å². The van der Waals surface area contributed by atoms with Crippen molar-refractivity contribution in [1.82, 2.24) is 9.66 Å². The number of halogens is 2. The van der Waals surface area contributed by atoms with Gasteiger partial charge in [0.25, 0.3) is 5.56 Å². The third kappa shape index (κ3) is 4.71. The van der Waals surface area contributed by atoms with Crippen molar-refractivity contribution in [3.63, 3.8) is 0 Å². The fourth-order valence-corrected chi connectivity index (χ4v) is 6.17. The molecule has 0 amide bonds. The maximum absolute atomic E-state index is 13.6. The fourth-order valence-electron chi connectivity index (χ4n) is 3.90. The van der Waals surface area contributed by atoms with Crippen LogP contribution in [0.1, 0.15) is 39.2 Å². The van der Waals surface area contributed by atoms with Gasteiger partial charge in [-0.05, 0) is 73.2 Å². The van der Waals surface area contributed by atoms with E-state index in [4.69, 9.17) is 16.6 Å². The Balaban J connectivity index is 1.53. The predicted molar refractivity (Wildman–Crippen MR) is 136 cm³/mol. The summed E-state index contributed by atoms with van der Waals surface area (Å²) in [7, 11) is 0. The van der Waals surface area contributed by atoms with Crippen LogP contribution in [0.25, 0.3) is 10.2 Å². The number of thioether (sulfide) groups is 1. The van der Waals surface area contributed by atoms with Gasteiger partial charge in [0.05, 0.1) is 17.4 Å². The van der Waals surface area contributed by atoms with Crippen LogP contribution in [0.2, 0.25) is 5.02 Å². The average molecular weight is 512 g/mol. The van der Waals surface area contributed by atoms with Crippen molar-refractivity contribution < 1.29 is 9.18 Å². The van der Waals surface area contributed by atoms with Gasteiger partial charge in [0.1, 0.15) is 10.6 Å². The number of aryl methyl sites for hydroxylation is 2. The van der Waals surface area contributed by atoms with Gasteiger partial charge in [-0.2, -0.15) is 9.78 Å². The van der Waals surface area contributed by atoms with Crippen LogP contribution in [0.5, 0.6) is 0 Å². The molecule has 2 heterocycles. The monoisotopic (exact) mass is 511 g/mol. The number of aromatic nitrogens is 2. The smallest absolute Gasteiger partial charge is 0.283 e. The minimum absolute atomic E-state index is 0.0940.